The average Bonchev–Trinajstić information content (AvgIpc) is 2.74. The summed E-state index contributed by atoms with van der Waals surface area (Å²) in [6.07, 6.45) is 2.15. The number of anilines is 1. The number of nitrogens with one attached hydrogen (secondary N) is 1. The molecule has 0 fully saturated rings. The van der Waals surface area contributed by atoms with Crippen LogP contribution < -0.4 is 10.1 Å². The fourth-order valence-corrected chi connectivity index (χ4v) is 4.07. The van der Waals surface area contributed by atoms with Crippen molar-refractivity contribution in [2.45, 2.75) is 34.1 Å². The molecule has 0 aliphatic rings. The summed E-state index contributed by atoms with van der Waals surface area (Å²) in [7, 11) is 0. The Bertz CT molecular complexity index is 1230. The second-order valence-electron chi connectivity index (χ2n) is 8.08. The Balaban J connectivity index is 1.93. The molecule has 0 unspecified atom stereocenters. The molecule has 33 heavy (non-hydrogen) atoms. The highest BCUT2D eigenvalue weighted by atomic mass is 35.5. The van der Waals surface area contributed by atoms with Gasteiger partial charge in [-0.2, -0.15) is 5.26 Å². The molecule has 4 nitrogen and oxygen atoms in total. The number of hydrogen-bond acceptors (Lipinski definition) is 3. The second kappa shape index (κ2) is 10.8. The fourth-order valence-electron chi connectivity index (χ4n) is 3.78. The van der Waals surface area contributed by atoms with Crippen LogP contribution >= 0.6 is 11.6 Å². The maximum Gasteiger partial charge on any atom is 0.266 e. The molecule has 0 aromatic heterocycles. The Morgan fingerprint density at radius 1 is 1.06 bits per heavy atom. The molecule has 0 aliphatic heterocycles. The van der Waals surface area contributed by atoms with Gasteiger partial charge in [0.25, 0.3) is 5.91 Å². The minimum atomic E-state index is -0.475. The summed E-state index contributed by atoms with van der Waals surface area (Å²) < 4.78 is 5.88. The van der Waals surface area contributed by atoms with Crippen LogP contribution in [0.2, 0.25) is 5.02 Å². The molecule has 0 atom stereocenters. The number of benzene rings is 3. The predicted octanol–water partition coefficient (Wildman–Crippen LogP) is 6.80. The van der Waals surface area contributed by atoms with Crippen LogP contribution in [0.25, 0.3) is 6.08 Å². The third-order valence-electron chi connectivity index (χ3n) is 5.09. The Morgan fingerprint density at radius 3 is 2.42 bits per heavy atom. The number of carbonyl (C=O) groups excluding carboxylic acids is 1. The minimum Gasteiger partial charge on any atom is -0.494 e. The molecule has 0 heterocycles. The number of nitrogens with zero attached hydrogens (tertiary/aromatic N) is 1. The van der Waals surface area contributed by atoms with E-state index in [4.69, 9.17) is 16.3 Å². The van der Waals surface area contributed by atoms with Gasteiger partial charge in [0.05, 0.1) is 6.61 Å². The molecule has 0 bridgehead atoms. The van der Waals surface area contributed by atoms with Gasteiger partial charge in [-0.25, -0.2) is 0 Å². The molecule has 1 amide bonds. The van der Waals surface area contributed by atoms with E-state index in [9.17, 15) is 10.1 Å². The van der Waals surface area contributed by atoms with Gasteiger partial charge in [-0.3, -0.25) is 4.79 Å². The Morgan fingerprint density at radius 2 is 1.79 bits per heavy atom. The van der Waals surface area contributed by atoms with Crippen molar-refractivity contribution in [1.29, 1.82) is 5.26 Å². The largest absolute Gasteiger partial charge is 0.494 e. The molecule has 3 rings (SSSR count). The maximum atomic E-state index is 12.7. The minimum absolute atomic E-state index is 0.0166. The standard InChI is InChI=1S/C28H27ClN2O2/c1-5-33-27-16-22(13-23(17-30)28(32)31-24-8-6-7-18(2)12-24)15-26(29)25(27)14-21-10-19(3)9-20(4)11-21/h6-13,15-16H,5,14H2,1-4H3,(H,31,32)/b23-13+. The summed E-state index contributed by atoms with van der Waals surface area (Å²) in [5.41, 5.74) is 6.67. The van der Waals surface area contributed by atoms with Gasteiger partial charge in [-0.05, 0) is 74.7 Å². The zero-order chi connectivity index (χ0) is 24.0. The van der Waals surface area contributed by atoms with Crippen LogP contribution in [0.5, 0.6) is 5.75 Å². The van der Waals surface area contributed by atoms with E-state index in [-0.39, 0.29) is 5.57 Å². The van der Waals surface area contributed by atoms with E-state index in [1.54, 1.807) is 12.1 Å². The third-order valence-corrected chi connectivity index (χ3v) is 5.43. The Kier molecular flexibility index (Phi) is 7.92. The van der Waals surface area contributed by atoms with Gasteiger partial charge in [0.1, 0.15) is 17.4 Å². The molecule has 0 saturated carbocycles. The van der Waals surface area contributed by atoms with Crippen LogP contribution in [0.3, 0.4) is 0 Å². The van der Waals surface area contributed by atoms with E-state index < -0.39 is 5.91 Å². The molecule has 0 saturated heterocycles. The lowest BCUT2D eigenvalue weighted by Crippen LogP contribution is -2.13. The molecule has 5 heteroatoms. The van der Waals surface area contributed by atoms with Gasteiger partial charge >= 0.3 is 0 Å². The van der Waals surface area contributed by atoms with Gasteiger partial charge in [0, 0.05) is 22.7 Å². The monoisotopic (exact) mass is 458 g/mol. The first-order valence-electron chi connectivity index (χ1n) is 10.8. The van der Waals surface area contributed by atoms with Crippen molar-refractivity contribution >= 4 is 29.3 Å². The van der Waals surface area contributed by atoms with Crippen LogP contribution in [0.4, 0.5) is 5.69 Å². The van der Waals surface area contributed by atoms with Gasteiger partial charge in [0.15, 0.2) is 0 Å². The topological polar surface area (TPSA) is 62.1 Å². The van der Waals surface area contributed by atoms with Crippen molar-refractivity contribution in [3.63, 3.8) is 0 Å². The van der Waals surface area contributed by atoms with E-state index in [0.29, 0.717) is 35.1 Å². The summed E-state index contributed by atoms with van der Waals surface area (Å²) in [5.74, 6) is 0.170. The zero-order valence-electron chi connectivity index (χ0n) is 19.3. The van der Waals surface area contributed by atoms with E-state index in [1.165, 1.54) is 17.2 Å². The molecular formula is C28H27ClN2O2. The number of nitriles is 1. The van der Waals surface area contributed by atoms with Crippen molar-refractivity contribution in [3.05, 3.63) is 98.6 Å². The number of rotatable bonds is 7. The highest BCUT2D eigenvalue weighted by Gasteiger charge is 2.14. The van der Waals surface area contributed by atoms with Gasteiger partial charge < -0.3 is 10.1 Å². The molecule has 0 spiro atoms. The number of amides is 1. The number of aryl methyl sites for hydroxylation is 3. The lowest BCUT2D eigenvalue weighted by atomic mass is 9.98. The van der Waals surface area contributed by atoms with E-state index in [2.05, 4.69) is 37.4 Å². The van der Waals surface area contributed by atoms with Crippen LogP contribution in [-0.4, -0.2) is 12.5 Å². The first kappa shape index (κ1) is 24.1. The first-order valence-corrected chi connectivity index (χ1v) is 11.2. The Labute approximate surface area is 200 Å². The van der Waals surface area contributed by atoms with E-state index >= 15 is 0 Å². The number of ether oxygens (including phenoxy) is 1. The Hall–Kier alpha value is -3.55. The molecule has 3 aromatic rings. The van der Waals surface area contributed by atoms with Crippen LogP contribution in [-0.2, 0) is 11.2 Å². The number of carbonyl (C=O) groups is 1. The SMILES string of the molecule is CCOc1cc(/C=C(\C#N)C(=O)Nc2cccc(C)c2)cc(Cl)c1Cc1cc(C)cc(C)c1. The van der Waals surface area contributed by atoms with Crippen molar-refractivity contribution in [2.75, 3.05) is 11.9 Å². The van der Waals surface area contributed by atoms with Gasteiger partial charge in [-0.1, -0.05) is 53.1 Å². The third kappa shape index (κ3) is 6.47. The summed E-state index contributed by atoms with van der Waals surface area (Å²) in [6, 6.07) is 19.4. The quantitative estimate of drug-likeness (QED) is 0.313. The summed E-state index contributed by atoms with van der Waals surface area (Å²) >= 11 is 6.66. The van der Waals surface area contributed by atoms with Gasteiger partial charge in [0.2, 0.25) is 0 Å². The number of halogens is 1. The summed E-state index contributed by atoms with van der Waals surface area (Å²) in [5, 5.41) is 12.9. The predicted molar refractivity (Wildman–Crippen MR) is 135 cm³/mol. The average molecular weight is 459 g/mol. The summed E-state index contributed by atoms with van der Waals surface area (Å²) in [4.78, 5) is 12.7. The maximum absolute atomic E-state index is 12.7. The van der Waals surface area contributed by atoms with Crippen molar-refractivity contribution in [1.82, 2.24) is 0 Å². The highest BCUT2D eigenvalue weighted by molar-refractivity contribution is 6.31. The van der Waals surface area contributed by atoms with Crippen LogP contribution in [0.1, 0.15) is 40.3 Å². The fraction of sp³-hybridized carbons (Fsp3) is 0.214. The van der Waals surface area contributed by atoms with E-state index in [1.807, 2.05) is 44.2 Å². The smallest absolute Gasteiger partial charge is 0.266 e. The molecule has 3 aromatic carbocycles. The first-order chi connectivity index (χ1) is 15.8. The van der Waals surface area contributed by atoms with Crippen LogP contribution in [0.15, 0.2) is 60.2 Å². The second-order valence-corrected chi connectivity index (χ2v) is 8.49. The van der Waals surface area contributed by atoms with Crippen molar-refractivity contribution < 1.29 is 9.53 Å². The van der Waals surface area contributed by atoms with Gasteiger partial charge in [-0.15, -0.1) is 0 Å². The summed E-state index contributed by atoms with van der Waals surface area (Å²) in [6.45, 7) is 8.46. The lowest BCUT2D eigenvalue weighted by Gasteiger charge is -2.14. The molecule has 168 valence electrons. The lowest BCUT2D eigenvalue weighted by molar-refractivity contribution is -0.112. The number of hydrogen-bond donors (Lipinski definition) is 1. The van der Waals surface area contributed by atoms with Crippen LogP contribution in [0, 0.1) is 32.1 Å². The van der Waals surface area contributed by atoms with Crippen molar-refractivity contribution in [2.24, 2.45) is 0 Å². The normalized spacial score (nSPS) is 11.1. The highest BCUT2D eigenvalue weighted by Crippen LogP contribution is 2.32. The van der Waals surface area contributed by atoms with E-state index in [0.717, 1.165) is 16.7 Å². The zero-order valence-corrected chi connectivity index (χ0v) is 20.1. The molecule has 0 aliphatic carbocycles. The molecular weight excluding hydrogens is 432 g/mol. The van der Waals surface area contributed by atoms with Crippen molar-refractivity contribution in [3.8, 4) is 11.8 Å². The molecule has 0 radical (unpaired) electrons. The molecule has 1 N–H and O–H groups in total.